The van der Waals surface area contributed by atoms with Gasteiger partial charge in [-0.3, -0.25) is 4.79 Å². The van der Waals surface area contributed by atoms with Gasteiger partial charge in [0.25, 0.3) is 5.91 Å². The number of aliphatic imine (C=N–C) groups is 1. The van der Waals surface area contributed by atoms with Crippen molar-refractivity contribution in [2.24, 2.45) is 4.99 Å². The Morgan fingerprint density at radius 3 is 2.79 bits per heavy atom. The van der Waals surface area contributed by atoms with Crippen molar-refractivity contribution in [2.75, 3.05) is 25.0 Å². The molecule has 28 heavy (non-hydrogen) atoms. The lowest BCUT2D eigenvalue weighted by molar-refractivity contribution is -0.124. The maximum absolute atomic E-state index is 12.2. The van der Waals surface area contributed by atoms with Crippen LogP contribution in [-0.4, -0.2) is 37.7 Å². The Hall–Kier alpha value is -1.35. The van der Waals surface area contributed by atoms with E-state index in [-0.39, 0.29) is 36.0 Å². The highest BCUT2D eigenvalue weighted by molar-refractivity contribution is 14.0. The highest BCUT2D eigenvalue weighted by Crippen LogP contribution is 2.16. The van der Waals surface area contributed by atoms with Crippen molar-refractivity contribution in [3.63, 3.8) is 0 Å². The quantitative estimate of drug-likeness (QED) is 0.195. The Labute approximate surface area is 186 Å². The summed E-state index contributed by atoms with van der Waals surface area (Å²) in [7, 11) is 0. The van der Waals surface area contributed by atoms with Gasteiger partial charge in [0, 0.05) is 25.4 Å². The molecule has 0 radical (unpaired) electrons. The van der Waals surface area contributed by atoms with E-state index >= 15 is 0 Å². The van der Waals surface area contributed by atoms with Gasteiger partial charge >= 0.3 is 0 Å². The first-order valence-electron chi connectivity index (χ1n) is 10.3. The summed E-state index contributed by atoms with van der Waals surface area (Å²) >= 11 is 0. The van der Waals surface area contributed by atoms with E-state index in [1.807, 2.05) is 24.3 Å². The first-order chi connectivity index (χ1) is 13.2. The molecule has 1 aromatic carbocycles. The van der Waals surface area contributed by atoms with Gasteiger partial charge in [-0.05, 0) is 43.9 Å². The predicted molar refractivity (Wildman–Crippen MR) is 126 cm³/mol. The van der Waals surface area contributed by atoms with Gasteiger partial charge in [0.2, 0.25) is 0 Å². The third-order valence-electron chi connectivity index (χ3n) is 4.50. The molecule has 1 aromatic rings. The van der Waals surface area contributed by atoms with Crippen LogP contribution in [0.2, 0.25) is 0 Å². The van der Waals surface area contributed by atoms with Crippen molar-refractivity contribution in [1.82, 2.24) is 10.6 Å². The average Bonchev–Trinajstić information content (AvgIpc) is 3.21. The molecule has 2 rings (SSSR count). The van der Waals surface area contributed by atoms with Crippen LogP contribution in [0.15, 0.2) is 29.3 Å². The van der Waals surface area contributed by atoms with Crippen LogP contribution in [-0.2, 0) is 16.1 Å². The fourth-order valence-electron chi connectivity index (χ4n) is 3.03. The highest BCUT2D eigenvalue weighted by atomic mass is 127. The summed E-state index contributed by atoms with van der Waals surface area (Å²) in [5, 5.41) is 9.61. The van der Waals surface area contributed by atoms with Crippen LogP contribution in [0.25, 0.3) is 0 Å². The molecule has 1 unspecified atom stereocenters. The molecule has 1 fully saturated rings. The van der Waals surface area contributed by atoms with Gasteiger partial charge in [-0.15, -0.1) is 24.0 Å². The molecule has 1 heterocycles. The zero-order valence-corrected chi connectivity index (χ0v) is 19.5. The minimum absolute atomic E-state index is 0. The largest absolute Gasteiger partial charge is 0.368 e. The molecule has 1 aliphatic rings. The fourth-order valence-corrected chi connectivity index (χ4v) is 3.03. The number of unbranched alkanes of at least 4 members (excludes halogenated alkanes) is 3. The predicted octanol–water partition coefficient (Wildman–Crippen LogP) is 4.06. The lowest BCUT2D eigenvalue weighted by Crippen LogP contribution is -2.37. The number of nitrogens with one attached hydrogen (secondary N) is 3. The Bertz CT molecular complexity index is 604. The summed E-state index contributed by atoms with van der Waals surface area (Å²) in [6, 6.07) is 7.84. The first kappa shape index (κ1) is 24.7. The van der Waals surface area contributed by atoms with E-state index in [0.29, 0.717) is 13.2 Å². The van der Waals surface area contributed by atoms with Gasteiger partial charge in [0.15, 0.2) is 5.96 Å². The summed E-state index contributed by atoms with van der Waals surface area (Å²) in [4.78, 5) is 16.8. The monoisotopic (exact) mass is 502 g/mol. The molecule has 6 nitrogen and oxygen atoms in total. The number of nitrogens with zero attached hydrogens (tertiary/aromatic N) is 1. The zero-order valence-electron chi connectivity index (χ0n) is 17.1. The number of carbonyl (C=O) groups excluding carboxylic acids is 1. The Balaban J connectivity index is 0.00000392. The van der Waals surface area contributed by atoms with Gasteiger partial charge < -0.3 is 20.7 Å². The van der Waals surface area contributed by atoms with E-state index in [1.165, 1.54) is 19.3 Å². The molecule has 0 saturated carbocycles. The standard InChI is InChI=1S/C21H34N4O2.HI/c1-3-5-6-7-13-23-21(22-4-2)24-16-17-10-8-11-18(15-17)25-20(26)19-12-9-14-27-19;/h8,10-11,15,19H,3-7,9,12-14,16H2,1-2H3,(H,25,26)(H2,22,23,24);1H. The molecule has 1 amide bonds. The summed E-state index contributed by atoms with van der Waals surface area (Å²) in [6.45, 7) is 7.28. The van der Waals surface area contributed by atoms with Crippen LogP contribution in [0.5, 0.6) is 0 Å². The molecule has 7 heteroatoms. The average molecular weight is 502 g/mol. The van der Waals surface area contributed by atoms with Crippen molar-refractivity contribution in [2.45, 2.75) is 65.0 Å². The maximum atomic E-state index is 12.2. The van der Waals surface area contributed by atoms with Crippen LogP contribution >= 0.6 is 24.0 Å². The molecule has 1 atom stereocenters. The number of benzene rings is 1. The van der Waals surface area contributed by atoms with E-state index in [9.17, 15) is 4.79 Å². The smallest absolute Gasteiger partial charge is 0.253 e. The SMILES string of the molecule is CCCCCCNC(=NCc1cccc(NC(=O)C2CCCO2)c1)NCC.I. The van der Waals surface area contributed by atoms with Gasteiger partial charge in [0.05, 0.1) is 6.54 Å². The van der Waals surface area contributed by atoms with Crippen molar-refractivity contribution in [3.05, 3.63) is 29.8 Å². The van der Waals surface area contributed by atoms with Crippen LogP contribution < -0.4 is 16.0 Å². The van der Waals surface area contributed by atoms with Crippen molar-refractivity contribution in [1.29, 1.82) is 0 Å². The fraction of sp³-hybridized carbons (Fsp3) is 0.619. The van der Waals surface area contributed by atoms with Crippen LogP contribution in [0.3, 0.4) is 0 Å². The van der Waals surface area contributed by atoms with Gasteiger partial charge in [-0.25, -0.2) is 4.99 Å². The molecule has 158 valence electrons. The molecular formula is C21H35IN4O2. The Kier molecular flexibility index (Phi) is 12.9. The number of carbonyl (C=O) groups is 1. The summed E-state index contributed by atoms with van der Waals surface area (Å²) in [5.74, 6) is 0.776. The first-order valence-corrected chi connectivity index (χ1v) is 10.3. The summed E-state index contributed by atoms with van der Waals surface area (Å²) in [5.41, 5.74) is 1.85. The number of rotatable bonds is 10. The van der Waals surface area contributed by atoms with Crippen LogP contribution in [0, 0.1) is 0 Å². The second kappa shape index (κ2) is 14.6. The van der Waals surface area contributed by atoms with Crippen LogP contribution in [0.4, 0.5) is 5.69 Å². The number of hydrogen-bond acceptors (Lipinski definition) is 3. The van der Waals surface area contributed by atoms with Gasteiger partial charge in [-0.1, -0.05) is 38.3 Å². The zero-order chi connectivity index (χ0) is 19.3. The number of amides is 1. The second-order valence-electron chi connectivity index (χ2n) is 6.87. The number of halogens is 1. The normalized spacial score (nSPS) is 16.4. The minimum atomic E-state index is -0.316. The minimum Gasteiger partial charge on any atom is -0.368 e. The van der Waals surface area contributed by atoms with Crippen molar-refractivity contribution in [3.8, 4) is 0 Å². The van der Waals surface area contributed by atoms with Gasteiger partial charge in [-0.2, -0.15) is 0 Å². The molecule has 0 spiro atoms. The molecule has 0 aliphatic carbocycles. The summed E-state index contributed by atoms with van der Waals surface area (Å²) < 4.78 is 5.43. The highest BCUT2D eigenvalue weighted by Gasteiger charge is 2.23. The van der Waals surface area contributed by atoms with E-state index in [0.717, 1.165) is 49.6 Å². The number of anilines is 1. The van der Waals surface area contributed by atoms with E-state index in [4.69, 9.17) is 4.74 Å². The van der Waals surface area contributed by atoms with E-state index in [2.05, 4.69) is 34.8 Å². The van der Waals surface area contributed by atoms with Crippen molar-refractivity contribution < 1.29 is 9.53 Å². The molecule has 0 bridgehead atoms. The molecular weight excluding hydrogens is 467 g/mol. The maximum Gasteiger partial charge on any atom is 0.253 e. The molecule has 0 aromatic heterocycles. The van der Waals surface area contributed by atoms with Gasteiger partial charge in [0.1, 0.15) is 6.10 Å². The lowest BCUT2D eigenvalue weighted by Gasteiger charge is -2.12. The van der Waals surface area contributed by atoms with E-state index < -0.39 is 0 Å². The molecule has 1 saturated heterocycles. The Morgan fingerprint density at radius 2 is 2.07 bits per heavy atom. The van der Waals surface area contributed by atoms with Crippen LogP contribution in [0.1, 0.15) is 57.9 Å². The molecule has 3 N–H and O–H groups in total. The lowest BCUT2D eigenvalue weighted by atomic mass is 10.2. The third-order valence-corrected chi connectivity index (χ3v) is 4.50. The van der Waals surface area contributed by atoms with E-state index in [1.54, 1.807) is 0 Å². The molecule has 1 aliphatic heterocycles. The second-order valence-corrected chi connectivity index (χ2v) is 6.87. The number of guanidine groups is 1. The Morgan fingerprint density at radius 1 is 1.21 bits per heavy atom. The third kappa shape index (κ3) is 9.23. The number of ether oxygens (including phenoxy) is 1. The number of hydrogen-bond donors (Lipinski definition) is 3. The summed E-state index contributed by atoms with van der Waals surface area (Å²) in [6.07, 6.45) is 6.35. The topological polar surface area (TPSA) is 74.8 Å². The van der Waals surface area contributed by atoms with Crippen molar-refractivity contribution >= 4 is 41.5 Å².